The van der Waals surface area contributed by atoms with Gasteiger partial charge in [0, 0.05) is 25.5 Å². The number of benzene rings is 1. The van der Waals surface area contributed by atoms with Gasteiger partial charge in [-0.3, -0.25) is 4.99 Å². The molecule has 90 valence electrons. The van der Waals surface area contributed by atoms with Crippen LogP contribution in [0.3, 0.4) is 0 Å². The molecule has 1 aromatic rings. The average molecular weight is 228 g/mol. The lowest BCUT2D eigenvalue weighted by Crippen LogP contribution is -2.23. The molecule has 2 rings (SSSR count). The summed E-state index contributed by atoms with van der Waals surface area (Å²) in [5.41, 5.74) is 2.71. The zero-order valence-corrected chi connectivity index (χ0v) is 10.6. The van der Waals surface area contributed by atoms with Crippen molar-refractivity contribution in [3.05, 3.63) is 42.0 Å². The van der Waals surface area contributed by atoms with Crippen molar-refractivity contribution in [2.24, 2.45) is 4.99 Å². The average Bonchev–Trinajstić information content (AvgIpc) is 2.37. The second-order valence-corrected chi connectivity index (χ2v) is 4.71. The predicted molar refractivity (Wildman–Crippen MR) is 75.0 cm³/mol. The summed E-state index contributed by atoms with van der Waals surface area (Å²) in [5.74, 6) is 0. The Morgan fingerprint density at radius 2 is 2.06 bits per heavy atom. The molecule has 1 atom stereocenters. The minimum Gasteiger partial charge on any atom is -0.375 e. The van der Waals surface area contributed by atoms with Gasteiger partial charge in [-0.1, -0.05) is 23.8 Å². The third-order valence-electron chi connectivity index (χ3n) is 3.21. The van der Waals surface area contributed by atoms with Gasteiger partial charge >= 0.3 is 0 Å². The number of para-hydroxylation sites is 1. The molecular weight excluding hydrogens is 208 g/mol. The molecule has 0 fully saturated rings. The highest BCUT2D eigenvalue weighted by Crippen LogP contribution is 2.17. The highest BCUT2D eigenvalue weighted by Gasteiger charge is 2.11. The molecule has 17 heavy (non-hydrogen) atoms. The second-order valence-electron chi connectivity index (χ2n) is 4.71. The molecule has 2 nitrogen and oxygen atoms in total. The molecular formula is C15H20N2. The number of rotatable bonds is 4. The van der Waals surface area contributed by atoms with Gasteiger partial charge in [0.05, 0.1) is 6.04 Å². The van der Waals surface area contributed by atoms with E-state index < -0.39 is 0 Å². The van der Waals surface area contributed by atoms with Gasteiger partial charge in [0.1, 0.15) is 0 Å². The molecule has 0 bridgehead atoms. The summed E-state index contributed by atoms with van der Waals surface area (Å²) < 4.78 is 0. The summed E-state index contributed by atoms with van der Waals surface area (Å²) in [5, 5.41) is 0. The number of nitrogens with zero attached hydrogens (tertiary/aromatic N) is 2. The van der Waals surface area contributed by atoms with Crippen LogP contribution >= 0.6 is 0 Å². The van der Waals surface area contributed by atoms with Gasteiger partial charge in [-0.05, 0) is 38.0 Å². The highest BCUT2D eigenvalue weighted by atomic mass is 15.1. The fourth-order valence-electron chi connectivity index (χ4n) is 2.12. The maximum absolute atomic E-state index is 4.52. The number of hydrogen-bond donors (Lipinski definition) is 0. The van der Waals surface area contributed by atoms with Gasteiger partial charge in [0.25, 0.3) is 0 Å². The van der Waals surface area contributed by atoms with E-state index in [-0.39, 0.29) is 0 Å². The Hall–Kier alpha value is -1.57. The van der Waals surface area contributed by atoms with Crippen molar-refractivity contribution in [3.63, 3.8) is 0 Å². The normalized spacial score (nSPS) is 18.9. The van der Waals surface area contributed by atoms with Crippen molar-refractivity contribution in [1.82, 2.24) is 0 Å². The van der Waals surface area contributed by atoms with E-state index in [0.29, 0.717) is 6.04 Å². The van der Waals surface area contributed by atoms with E-state index in [0.717, 1.165) is 19.4 Å². The molecule has 0 spiro atoms. The third-order valence-corrected chi connectivity index (χ3v) is 3.21. The van der Waals surface area contributed by atoms with E-state index in [1.807, 2.05) is 6.21 Å². The first-order valence-electron chi connectivity index (χ1n) is 6.21. The molecule has 0 radical (unpaired) electrons. The maximum atomic E-state index is 4.52. The lowest BCUT2D eigenvalue weighted by atomic mass is 10.0. The SMILES string of the molecule is CC1=CC=NC(CCN(C)c2ccccc2)C1. The summed E-state index contributed by atoms with van der Waals surface area (Å²) in [6, 6.07) is 11.0. The standard InChI is InChI=1S/C15H20N2/c1-13-8-10-16-14(12-13)9-11-17(2)15-6-4-3-5-7-15/h3-8,10,14H,9,11-12H2,1-2H3. The Bertz CT molecular complexity index is 406. The molecule has 0 amide bonds. The molecule has 0 saturated heterocycles. The molecule has 1 unspecified atom stereocenters. The number of dihydropyridines is 1. The summed E-state index contributed by atoms with van der Waals surface area (Å²) >= 11 is 0. The number of anilines is 1. The Morgan fingerprint density at radius 1 is 1.29 bits per heavy atom. The smallest absolute Gasteiger partial charge is 0.0553 e. The van der Waals surface area contributed by atoms with Crippen molar-refractivity contribution < 1.29 is 0 Å². The lowest BCUT2D eigenvalue weighted by Gasteiger charge is -2.22. The van der Waals surface area contributed by atoms with E-state index in [1.165, 1.54) is 11.3 Å². The van der Waals surface area contributed by atoms with Crippen LogP contribution in [-0.4, -0.2) is 25.8 Å². The largest absolute Gasteiger partial charge is 0.375 e. The van der Waals surface area contributed by atoms with Crippen molar-refractivity contribution in [3.8, 4) is 0 Å². The molecule has 1 heterocycles. The van der Waals surface area contributed by atoms with Crippen molar-refractivity contribution >= 4 is 11.9 Å². The van der Waals surface area contributed by atoms with E-state index in [2.05, 4.69) is 60.3 Å². The summed E-state index contributed by atoms with van der Waals surface area (Å²) in [7, 11) is 2.14. The second kappa shape index (κ2) is 5.67. The van der Waals surface area contributed by atoms with Gasteiger partial charge in [-0.25, -0.2) is 0 Å². The summed E-state index contributed by atoms with van der Waals surface area (Å²) in [4.78, 5) is 6.81. The molecule has 0 saturated carbocycles. The van der Waals surface area contributed by atoms with E-state index in [9.17, 15) is 0 Å². The highest BCUT2D eigenvalue weighted by molar-refractivity contribution is 5.73. The quantitative estimate of drug-likeness (QED) is 0.772. The minimum absolute atomic E-state index is 0.464. The molecule has 1 aliphatic heterocycles. The van der Waals surface area contributed by atoms with E-state index in [1.54, 1.807) is 0 Å². The molecule has 1 aromatic carbocycles. The predicted octanol–water partition coefficient (Wildman–Crippen LogP) is 3.30. The Morgan fingerprint density at radius 3 is 2.76 bits per heavy atom. The summed E-state index contributed by atoms with van der Waals surface area (Å²) in [6.45, 7) is 3.23. The van der Waals surface area contributed by atoms with Crippen LogP contribution in [0.2, 0.25) is 0 Å². The first kappa shape index (κ1) is 11.9. The first-order chi connectivity index (χ1) is 8.25. The van der Waals surface area contributed by atoms with Crippen LogP contribution in [0.25, 0.3) is 0 Å². The van der Waals surface area contributed by atoms with E-state index >= 15 is 0 Å². The monoisotopic (exact) mass is 228 g/mol. The van der Waals surface area contributed by atoms with Crippen molar-refractivity contribution in [2.75, 3.05) is 18.5 Å². The molecule has 0 aliphatic carbocycles. The summed E-state index contributed by atoms with van der Waals surface area (Å²) in [6.07, 6.45) is 6.29. The fourth-order valence-corrected chi connectivity index (χ4v) is 2.12. The van der Waals surface area contributed by atoms with Gasteiger partial charge in [-0.2, -0.15) is 0 Å². The van der Waals surface area contributed by atoms with Gasteiger partial charge in [0.2, 0.25) is 0 Å². The number of hydrogen-bond acceptors (Lipinski definition) is 2. The van der Waals surface area contributed by atoms with Crippen LogP contribution in [0.4, 0.5) is 5.69 Å². The number of aliphatic imine (C=N–C) groups is 1. The van der Waals surface area contributed by atoms with Gasteiger partial charge in [0.15, 0.2) is 0 Å². The Balaban J connectivity index is 1.83. The van der Waals surface area contributed by atoms with Crippen molar-refractivity contribution in [2.45, 2.75) is 25.8 Å². The fraction of sp³-hybridized carbons (Fsp3) is 0.400. The first-order valence-corrected chi connectivity index (χ1v) is 6.21. The molecule has 0 N–H and O–H groups in total. The van der Waals surface area contributed by atoms with Crippen LogP contribution < -0.4 is 4.90 Å². The topological polar surface area (TPSA) is 15.6 Å². The molecule has 2 heteroatoms. The molecule has 0 aromatic heterocycles. The van der Waals surface area contributed by atoms with Crippen LogP contribution in [0, 0.1) is 0 Å². The van der Waals surface area contributed by atoms with Crippen LogP contribution in [0.1, 0.15) is 19.8 Å². The maximum Gasteiger partial charge on any atom is 0.0553 e. The van der Waals surface area contributed by atoms with Crippen LogP contribution in [0.15, 0.2) is 47.0 Å². The zero-order valence-electron chi connectivity index (χ0n) is 10.6. The Labute approximate surface area is 104 Å². The van der Waals surface area contributed by atoms with Gasteiger partial charge in [-0.15, -0.1) is 0 Å². The third kappa shape index (κ3) is 3.45. The minimum atomic E-state index is 0.464. The molecule has 1 aliphatic rings. The lowest BCUT2D eigenvalue weighted by molar-refractivity contribution is 0.605. The van der Waals surface area contributed by atoms with Crippen LogP contribution in [0.5, 0.6) is 0 Å². The van der Waals surface area contributed by atoms with Crippen molar-refractivity contribution in [1.29, 1.82) is 0 Å². The number of allylic oxidation sites excluding steroid dienone is 1. The zero-order chi connectivity index (χ0) is 12.1. The van der Waals surface area contributed by atoms with Gasteiger partial charge < -0.3 is 4.90 Å². The van der Waals surface area contributed by atoms with E-state index in [4.69, 9.17) is 0 Å². The van der Waals surface area contributed by atoms with Crippen LogP contribution in [-0.2, 0) is 0 Å². The Kier molecular flexibility index (Phi) is 3.97.